The van der Waals surface area contributed by atoms with Gasteiger partial charge in [-0.25, -0.2) is 4.98 Å². The van der Waals surface area contributed by atoms with Crippen molar-refractivity contribution in [3.8, 4) is 0 Å². The Labute approximate surface area is 120 Å². The maximum Gasteiger partial charge on any atom is 0.220 e. The van der Waals surface area contributed by atoms with Crippen LogP contribution in [0.5, 0.6) is 0 Å². The van der Waals surface area contributed by atoms with Crippen molar-refractivity contribution in [1.29, 1.82) is 0 Å². The number of carbonyl (C=O) groups excluding carboxylic acids is 1. The van der Waals surface area contributed by atoms with Crippen molar-refractivity contribution in [2.75, 3.05) is 13.1 Å². The molecule has 0 aliphatic carbocycles. The molecule has 1 amide bonds. The molecule has 2 heterocycles. The summed E-state index contributed by atoms with van der Waals surface area (Å²) in [6.07, 6.45) is 4.46. The monoisotopic (exact) mass is 279 g/mol. The van der Waals surface area contributed by atoms with Crippen molar-refractivity contribution in [1.82, 2.24) is 15.6 Å². The Morgan fingerprint density at radius 2 is 2.35 bits per heavy atom. The van der Waals surface area contributed by atoms with Gasteiger partial charge in [0.2, 0.25) is 11.8 Å². The molecule has 1 aliphatic rings. The number of nitrogens with zero attached hydrogens (tertiary/aromatic N) is 1. The first-order valence-electron chi connectivity index (χ1n) is 7.38. The van der Waals surface area contributed by atoms with Crippen LogP contribution in [-0.2, 0) is 16.8 Å². The smallest absolute Gasteiger partial charge is 0.220 e. The molecular weight excluding hydrogens is 254 g/mol. The quantitative estimate of drug-likeness (QED) is 0.865. The van der Waals surface area contributed by atoms with Crippen molar-refractivity contribution >= 4 is 5.91 Å². The Morgan fingerprint density at radius 1 is 1.55 bits per heavy atom. The lowest BCUT2D eigenvalue weighted by Gasteiger charge is -2.13. The van der Waals surface area contributed by atoms with Crippen molar-refractivity contribution in [2.24, 2.45) is 5.92 Å². The number of amides is 1. The molecule has 0 spiro atoms. The highest BCUT2D eigenvalue weighted by Crippen LogP contribution is 2.22. The van der Waals surface area contributed by atoms with Crippen LogP contribution >= 0.6 is 0 Å². The van der Waals surface area contributed by atoms with Gasteiger partial charge in [0.25, 0.3) is 0 Å². The van der Waals surface area contributed by atoms with E-state index in [2.05, 4.69) is 36.4 Å². The van der Waals surface area contributed by atoms with Gasteiger partial charge in [-0.15, -0.1) is 0 Å². The molecule has 20 heavy (non-hydrogen) atoms. The second-order valence-electron chi connectivity index (χ2n) is 6.54. The van der Waals surface area contributed by atoms with Gasteiger partial charge in [-0.2, -0.15) is 0 Å². The molecule has 1 aliphatic heterocycles. The third-order valence-corrected chi connectivity index (χ3v) is 3.67. The topological polar surface area (TPSA) is 67.2 Å². The molecule has 1 aromatic heterocycles. The SMILES string of the molecule is CC(C)(C)c1cnc(CNC(=O)CCC2CCNC2)o1. The molecule has 1 saturated heterocycles. The number of nitrogens with one attached hydrogen (secondary N) is 2. The minimum Gasteiger partial charge on any atom is -0.443 e. The predicted octanol–water partition coefficient (Wildman–Crippen LogP) is 1.98. The molecule has 1 aromatic rings. The molecule has 5 heteroatoms. The third-order valence-electron chi connectivity index (χ3n) is 3.67. The lowest BCUT2D eigenvalue weighted by molar-refractivity contribution is -0.121. The average molecular weight is 279 g/mol. The summed E-state index contributed by atoms with van der Waals surface area (Å²) in [6.45, 7) is 8.72. The zero-order valence-electron chi connectivity index (χ0n) is 12.7. The van der Waals surface area contributed by atoms with Crippen molar-refractivity contribution in [3.05, 3.63) is 17.8 Å². The van der Waals surface area contributed by atoms with E-state index in [1.807, 2.05) is 0 Å². The normalized spacial score (nSPS) is 19.2. The van der Waals surface area contributed by atoms with Crippen molar-refractivity contribution in [2.45, 2.75) is 52.0 Å². The van der Waals surface area contributed by atoms with E-state index in [4.69, 9.17) is 4.42 Å². The summed E-state index contributed by atoms with van der Waals surface area (Å²) in [5, 5.41) is 6.19. The second-order valence-corrected chi connectivity index (χ2v) is 6.54. The van der Waals surface area contributed by atoms with Crippen LogP contribution < -0.4 is 10.6 Å². The van der Waals surface area contributed by atoms with Gasteiger partial charge in [-0.1, -0.05) is 20.8 Å². The van der Waals surface area contributed by atoms with Crippen LogP contribution in [0.1, 0.15) is 51.7 Å². The van der Waals surface area contributed by atoms with Crippen LogP contribution in [0, 0.1) is 5.92 Å². The Hall–Kier alpha value is -1.36. The van der Waals surface area contributed by atoms with E-state index in [9.17, 15) is 4.79 Å². The third kappa shape index (κ3) is 4.34. The molecule has 0 radical (unpaired) electrons. The van der Waals surface area contributed by atoms with Gasteiger partial charge in [0.1, 0.15) is 5.76 Å². The number of hydrogen-bond donors (Lipinski definition) is 2. The van der Waals surface area contributed by atoms with Crippen molar-refractivity contribution < 1.29 is 9.21 Å². The van der Waals surface area contributed by atoms with Crippen molar-refractivity contribution in [3.63, 3.8) is 0 Å². The fourth-order valence-electron chi connectivity index (χ4n) is 2.30. The highest BCUT2D eigenvalue weighted by Gasteiger charge is 2.19. The van der Waals surface area contributed by atoms with Gasteiger partial charge in [0.15, 0.2) is 0 Å². The van der Waals surface area contributed by atoms with E-state index in [1.165, 1.54) is 6.42 Å². The van der Waals surface area contributed by atoms with E-state index < -0.39 is 0 Å². The van der Waals surface area contributed by atoms with E-state index >= 15 is 0 Å². The average Bonchev–Trinajstić information content (AvgIpc) is 3.04. The number of hydrogen-bond acceptors (Lipinski definition) is 4. The summed E-state index contributed by atoms with van der Waals surface area (Å²) in [5.74, 6) is 2.15. The van der Waals surface area contributed by atoms with Gasteiger partial charge in [0, 0.05) is 11.8 Å². The summed E-state index contributed by atoms with van der Waals surface area (Å²) in [6, 6.07) is 0. The fraction of sp³-hybridized carbons (Fsp3) is 0.733. The predicted molar refractivity (Wildman–Crippen MR) is 77.3 cm³/mol. The minimum atomic E-state index is -0.0509. The molecule has 1 unspecified atom stereocenters. The van der Waals surface area contributed by atoms with Gasteiger partial charge >= 0.3 is 0 Å². The van der Waals surface area contributed by atoms with Crippen LogP contribution in [0.15, 0.2) is 10.6 Å². The number of rotatable bonds is 5. The van der Waals surface area contributed by atoms with E-state index in [1.54, 1.807) is 6.20 Å². The van der Waals surface area contributed by atoms with Crippen LogP contribution in [0.3, 0.4) is 0 Å². The van der Waals surface area contributed by atoms with Crippen LogP contribution in [0.25, 0.3) is 0 Å². The molecule has 2 N–H and O–H groups in total. The first-order chi connectivity index (χ1) is 9.45. The maximum absolute atomic E-state index is 11.8. The molecule has 0 aromatic carbocycles. The van der Waals surface area contributed by atoms with Gasteiger partial charge in [0.05, 0.1) is 12.7 Å². The van der Waals surface area contributed by atoms with E-state index in [-0.39, 0.29) is 11.3 Å². The summed E-state index contributed by atoms with van der Waals surface area (Å²) in [4.78, 5) is 16.0. The fourth-order valence-corrected chi connectivity index (χ4v) is 2.30. The number of carbonyl (C=O) groups is 1. The lowest BCUT2D eigenvalue weighted by atomic mass is 9.94. The highest BCUT2D eigenvalue weighted by atomic mass is 16.4. The zero-order chi connectivity index (χ0) is 14.6. The molecule has 2 rings (SSSR count). The summed E-state index contributed by atoms with van der Waals surface area (Å²) < 4.78 is 5.64. The molecule has 112 valence electrons. The molecule has 0 saturated carbocycles. The van der Waals surface area contributed by atoms with Crippen LogP contribution in [-0.4, -0.2) is 24.0 Å². The largest absolute Gasteiger partial charge is 0.443 e. The van der Waals surface area contributed by atoms with Gasteiger partial charge in [-0.05, 0) is 31.8 Å². The molecule has 1 fully saturated rings. The highest BCUT2D eigenvalue weighted by molar-refractivity contribution is 5.75. The Morgan fingerprint density at radius 3 is 2.95 bits per heavy atom. The standard InChI is InChI=1S/C15H25N3O2/c1-15(2,3)12-9-18-14(20-12)10-17-13(19)5-4-11-6-7-16-8-11/h9,11,16H,4-8,10H2,1-3H3,(H,17,19). The molecule has 5 nitrogen and oxygen atoms in total. The van der Waals surface area contributed by atoms with Crippen LogP contribution in [0.4, 0.5) is 0 Å². The Kier molecular flexibility index (Phi) is 4.81. The maximum atomic E-state index is 11.8. The molecule has 1 atom stereocenters. The van der Waals surface area contributed by atoms with Gasteiger partial charge < -0.3 is 15.1 Å². The summed E-state index contributed by atoms with van der Waals surface area (Å²) in [7, 11) is 0. The first-order valence-corrected chi connectivity index (χ1v) is 7.38. The second kappa shape index (κ2) is 6.39. The van der Waals surface area contributed by atoms with Crippen LogP contribution in [0.2, 0.25) is 0 Å². The molecular formula is C15H25N3O2. The number of oxazole rings is 1. The minimum absolute atomic E-state index is 0.0509. The Bertz CT molecular complexity index is 442. The lowest BCUT2D eigenvalue weighted by Crippen LogP contribution is -2.23. The summed E-state index contributed by atoms with van der Waals surface area (Å²) >= 11 is 0. The van der Waals surface area contributed by atoms with Gasteiger partial charge in [-0.3, -0.25) is 4.79 Å². The molecule has 0 bridgehead atoms. The number of aromatic nitrogens is 1. The Balaban J connectivity index is 1.71. The zero-order valence-corrected chi connectivity index (χ0v) is 12.7. The summed E-state index contributed by atoms with van der Waals surface area (Å²) in [5.41, 5.74) is -0.0509. The van der Waals surface area contributed by atoms with E-state index in [0.717, 1.165) is 25.3 Å². The first kappa shape index (κ1) is 15.0. The van der Waals surface area contributed by atoms with E-state index in [0.29, 0.717) is 24.8 Å².